The minimum absolute atomic E-state index is 0.0860. The zero-order chi connectivity index (χ0) is 15.3. The molecule has 1 aliphatic heterocycles. The standard InChI is InChI=1S/C13H21N3O5/c1-9(7-10-15-12(18)21-16-10)14-11(17)8-13(19-2)3-5-20-6-4-13/h9H,3-8H2,1-2H3,(H,14,17)(H,15,16,18). The predicted octanol–water partition coefficient (Wildman–Crippen LogP) is -0.00420. The molecule has 1 fully saturated rings. The van der Waals surface area contributed by atoms with Crippen molar-refractivity contribution >= 4 is 5.91 Å². The van der Waals surface area contributed by atoms with Gasteiger partial charge in [0, 0.05) is 45.6 Å². The summed E-state index contributed by atoms with van der Waals surface area (Å²) in [5.41, 5.74) is -0.440. The van der Waals surface area contributed by atoms with Gasteiger partial charge in [0.25, 0.3) is 0 Å². The number of hydrogen-bond acceptors (Lipinski definition) is 6. The van der Waals surface area contributed by atoms with Crippen LogP contribution in [0.15, 0.2) is 9.32 Å². The fourth-order valence-corrected chi connectivity index (χ4v) is 2.50. The quantitative estimate of drug-likeness (QED) is 0.765. The van der Waals surface area contributed by atoms with Gasteiger partial charge in [-0.05, 0) is 6.92 Å². The maximum absolute atomic E-state index is 12.1. The first kappa shape index (κ1) is 15.7. The first-order valence-corrected chi connectivity index (χ1v) is 7.00. The van der Waals surface area contributed by atoms with Gasteiger partial charge in [-0.25, -0.2) is 4.79 Å². The van der Waals surface area contributed by atoms with Gasteiger partial charge in [0.1, 0.15) is 0 Å². The summed E-state index contributed by atoms with van der Waals surface area (Å²) in [4.78, 5) is 25.4. The maximum atomic E-state index is 12.1. The summed E-state index contributed by atoms with van der Waals surface area (Å²) in [5.74, 6) is -0.263. The lowest BCUT2D eigenvalue weighted by atomic mass is 9.90. The minimum atomic E-state index is -0.593. The monoisotopic (exact) mass is 299 g/mol. The number of ether oxygens (including phenoxy) is 2. The first-order chi connectivity index (χ1) is 10.0. The normalized spacial score (nSPS) is 19.1. The van der Waals surface area contributed by atoms with Gasteiger partial charge in [0.15, 0.2) is 5.82 Å². The number of carbonyl (C=O) groups is 1. The van der Waals surface area contributed by atoms with Crippen molar-refractivity contribution in [2.24, 2.45) is 0 Å². The highest BCUT2D eigenvalue weighted by Gasteiger charge is 2.35. The number of H-pyrrole nitrogens is 1. The van der Waals surface area contributed by atoms with Gasteiger partial charge < -0.3 is 14.8 Å². The molecule has 0 saturated carbocycles. The summed E-state index contributed by atoms with van der Waals surface area (Å²) in [6.07, 6.45) is 2.12. The molecule has 1 aromatic rings. The van der Waals surface area contributed by atoms with Crippen molar-refractivity contribution in [3.05, 3.63) is 16.4 Å². The van der Waals surface area contributed by atoms with Crippen LogP contribution >= 0.6 is 0 Å². The summed E-state index contributed by atoms with van der Waals surface area (Å²) in [6, 6.07) is -0.160. The summed E-state index contributed by atoms with van der Waals surface area (Å²) in [5, 5.41) is 6.45. The Bertz CT molecular complexity index is 518. The van der Waals surface area contributed by atoms with E-state index >= 15 is 0 Å². The van der Waals surface area contributed by atoms with Crippen LogP contribution in [-0.4, -0.2) is 48.0 Å². The molecule has 21 heavy (non-hydrogen) atoms. The number of hydrogen-bond donors (Lipinski definition) is 2. The molecule has 1 atom stereocenters. The highest BCUT2D eigenvalue weighted by atomic mass is 16.5. The Hall–Kier alpha value is -1.67. The van der Waals surface area contributed by atoms with E-state index in [4.69, 9.17) is 9.47 Å². The molecule has 2 rings (SSSR count). The second kappa shape index (κ2) is 6.86. The summed E-state index contributed by atoms with van der Waals surface area (Å²) >= 11 is 0. The highest BCUT2D eigenvalue weighted by Crippen LogP contribution is 2.28. The van der Waals surface area contributed by atoms with Crippen LogP contribution in [0, 0.1) is 0 Å². The second-order valence-corrected chi connectivity index (χ2v) is 5.39. The fourth-order valence-electron chi connectivity index (χ4n) is 2.50. The van der Waals surface area contributed by atoms with E-state index in [1.807, 2.05) is 6.92 Å². The molecule has 0 aromatic carbocycles. The Labute approximate surface area is 122 Å². The zero-order valence-corrected chi connectivity index (χ0v) is 12.3. The second-order valence-electron chi connectivity index (χ2n) is 5.39. The van der Waals surface area contributed by atoms with E-state index in [0.29, 0.717) is 44.7 Å². The number of aromatic nitrogens is 2. The predicted molar refractivity (Wildman–Crippen MR) is 72.8 cm³/mol. The van der Waals surface area contributed by atoms with Crippen LogP contribution in [0.3, 0.4) is 0 Å². The Morgan fingerprint density at radius 2 is 2.24 bits per heavy atom. The zero-order valence-electron chi connectivity index (χ0n) is 12.3. The van der Waals surface area contributed by atoms with E-state index in [1.54, 1.807) is 7.11 Å². The Morgan fingerprint density at radius 3 is 2.81 bits per heavy atom. The van der Waals surface area contributed by atoms with Crippen LogP contribution in [0.4, 0.5) is 0 Å². The molecule has 2 heterocycles. The molecule has 0 spiro atoms. The Kier molecular flexibility index (Phi) is 5.13. The molecule has 1 saturated heterocycles. The average molecular weight is 299 g/mol. The number of nitrogens with zero attached hydrogens (tertiary/aromatic N) is 1. The molecule has 8 heteroatoms. The molecule has 1 aromatic heterocycles. The topological polar surface area (TPSA) is 106 Å². The molecule has 2 N–H and O–H groups in total. The van der Waals surface area contributed by atoms with Crippen molar-refractivity contribution in [1.29, 1.82) is 0 Å². The first-order valence-electron chi connectivity index (χ1n) is 7.00. The molecule has 0 aliphatic carbocycles. The molecule has 0 radical (unpaired) electrons. The molecule has 1 unspecified atom stereocenters. The number of rotatable bonds is 6. The van der Waals surface area contributed by atoms with Crippen molar-refractivity contribution in [3.63, 3.8) is 0 Å². The van der Waals surface area contributed by atoms with Gasteiger partial charge in [-0.2, -0.15) is 0 Å². The number of aromatic amines is 1. The van der Waals surface area contributed by atoms with E-state index < -0.39 is 11.4 Å². The fraction of sp³-hybridized carbons (Fsp3) is 0.769. The van der Waals surface area contributed by atoms with Gasteiger partial charge in [-0.1, -0.05) is 5.16 Å². The van der Waals surface area contributed by atoms with E-state index in [-0.39, 0.29) is 11.9 Å². The lowest BCUT2D eigenvalue weighted by Gasteiger charge is -2.35. The van der Waals surface area contributed by atoms with Gasteiger partial charge in [0.05, 0.1) is 12.0 Å². The molecular formula is C13H21N3O5. The molecule has 1 aliphatic rings. The molecular weight excluding hydrogens is 278 g/mol. The van der Waals surface area contributed by atoms with Gasteiger partial charge >= 0.3 is 5.76 Å². The smallest absolute Gasteiger partial charge is 0.381 e. The van der Waals surface area contributed by atoms with E-state index in [9.17, 15) is 9.59 Å². The summed E-state index contributed by atoms with van der Waals surface area (Å²) < 4.78 is 15.3. The van der Waals surface area contributed by atoms with Crippen LogP contribution < -0.4 is 11.1 Å². The van der Waals surface area contributed by atoms with Crippen molar-refractivity contribution < 1.29 is 18.8 Å². The lowest BCUT2D eigenvalue weighted by molar-refractivity contribution is -0.135. The third-order valence-electron chi connectivity index (χ3n) is 3.71. The number of methoxy groups -OCH3 is 1. The van der Waals surface area contributed by atoms with E-state index in [2.05, 4.69) is 20.0 Å². The van der Waals surface area contributed by atoms with E-state index in [0.717, 1.165) is 0 Å². The summed E-state index contributed by atoms with van der Waals surface area (Å²) in [6.45, 7) is 3.06. The van der Waals surface area contributed by atoms with Gasteiger partial charge in [-0.15, -0.1) is 0 Å². The molecule has 0 bridgehead atoms. The van der Waals surface area contributed by atoms with Crippen LogP contribution in [-0.2, 0) is 20.7 Å². The van der Waals surface area contributed by atoms with Crippen LogP contribution in [0.1, 0.15) is 32.0 Å². The van der Waals surface area contributed by atoms with Crippen molar-refractivity contribution in [3.8, 4) is 0 Å². The molecule has 8 nitrogen and oxygen atoms in total. The van der Waals surface area contributed by atoms with Gasteiger partial charge in [0.2, 0.25) is 5.91 Å². The third kappa shape index (κ3) is 4.40. The maximum Gasteiger partial charge on any atom is 0.438 e. The third-order valence-corrected chi connectivity index (χ3v) is 3.71. The van der Waals surface area contributed by atoms with E-state index in [1.165, 1.54) is 0 Å². The SMILES string of the molecule is COC1(CC(=O)NC(C)Cc2noc(=O)[nH]2)CCOCC1. The Balaban J connectivity index is 1.84. The average Bonchev–Trinajstić information content (AvgIpc) is 2.84. The lowest BCUT2D eigenvalue weighted by Crippen LogP contribution is -2.45. The van der Waals surface area contributed by atoms with Gasteiger partial charge in [-0.3, -0.25) is 14.3 Å². The largest absolute Gasteiger partial charge is 0.438 e. The van der Waals surface area contributed by atoms with Crippen molar-refractivity contribution in [2.75, 3.05) is 20.3 Å². The summed E-state index contributed by atoms with van der Waals surface area (Å²) in [7, 11) is 1.63. The van der Waals surface area contributed by atoms with Crippen LogP contribution in [0.5, 0.6) is 0 Å². The van der Waals surface area contributed by atoms with Crippen molar-refractivity contribution in [1.82, 2.24) is 15.5 Å². The number of carbonyl (C=O) groups excluding carboxylic acids is 1. The van der Waals surface area contributed by atoms with Crippen LogP contribution in [0.2, 0.25) is 0 Å². The molecule has 118 valence electrons. The highest BCUT2D eigenvalue weighted by molar-refractivity contribution is 5.77. The minimum Gasteiger partial charge on any atom is -0.381 e. The number of nitrogens with one attached hydrogen (secondary N) is 2. The van der Waals surface area contributed by atoms with Crippen molar-refractivity contribution in [2.45, 2.75) is 44.2 Å². The Morgan fingerprint density at radius 1 is 1.52 bits per heavy atom. The molecule has 1 amide bonds. The van der Waals surface area contributed by atoms with Crippen LogP contribution in [0.25, 0.3) is 0 Å². The number of amides is 1.